The van der Waals surface area contributed by atoms with E-state index in [1.807, 2.05) is 32.0 Å². The Kier molecular flexibility index (Phi) is 6.95. The van der Waals surface area contributed by atoms with Crippen LogP contribution in [0, 0.1) is 6.92 Å². The number of hydrogen-bond acceptors (Lipinski definition) is 4. The van der Waals surface area contributed by atoms with Gasteiger partial charge in [0.2, 0.25) is 5.91 Å². The molecule has 1 amide bonds. The van der Waals surface area contributed by atoms with Crippen LogP contribution < -0.4 is 15.4 Å². The number of hydrogen-bond donors (Lipinski definition) is 2. The van der Waals surface area contributed by atoms with E-state index in [1.54, 1.807) is 7.11 Å². The fraction of sp³-hybridized carbons (Fsp3) is 0.533. The number of morpholine rings is 1. The average Bonchev–Trinajstić information content (AvgIpc) is 2.46. The highest BCUT2D eigenvalue weighted by Crippen LogP contribution is 2.19. The molecule has 1 aromatic rings. The highest BCUT2D eigenvalue weighted by atomic mass is 35.5. The molecule has 0 aromatic heterocycles. The van der Waals surface area contributed by atoms with Gasteiger partial charge in [-0.05, 0) is 25.5 Å². The largest absolute Gasteiger partial charge is 0.496 e. The van der Waals surface area contributed by atoms with Gasteiger partial charge in [0, 0.05) is 18.7 Å². The minimum Gasteiger partial charge on any atom is -0.496 e. The number of carbonyl (C=O) groups excluding carboxylic acids is 1. The van der Waals surface area contributed by atoms with Gasteiger partial charge in [0.05, 0.1) is 19.8 Å². The summed E-state index contributed by atoms with van der Waals surface area (Å²) in [5.41, 5.74) is 2.10. The van der Waals surface area contributed by atoms with E-state index in [-0.39, 0.29) is 30.5 Å². The number of ether oxygens (including phenoxy) is 2. The molecular formula is C15H23ClN2O3. The predicted molar refractivity (Wildman–Crippen MR) is 84.0 cm³/mol. The van der Waals surface area contributed by atoms with Gasteiger partial charge in [-0.2, -0.15) is 0 Å². The lowest BCUT2D eigenvalue weighted by Crippen LogP contribution is -2.55. The summed E-state index contributed by atoms with van der Waals surface area (Å²) >= 11 is 0. The Morgan fingerprint density at radius 2 is 2.29 bits per heavy atom. The molecule has 1 aromatic carbocycles. The lowest BCUT2D eigenvalue weighted by Gasteiger charge is -2.29. The first-order valence-electron chi connectivity index (χ1n) is 6.88. The van der Waals surface area contributed by atoms with Crippen molar-refractivity contribution in [1.82, 2.24) is 10.6 Å². The fourth-order valence-electron chi connectivity index (χ4n) is 2.32. The highest BCUT2D eigenvalue weighted by molar-refractivity contribution is 5.85. The second kappa shape index (κ2) is 8.22. The van der Waals surface area contributed by atoms with Gasteiger partial charge in [-0.15, -0.1) is 12.4 Å². The molecule has 0 unspecified atom stereocenters. The maximum absolute atomic E-state index is 12.2. The maximum atomic E-state index is 12.2. The van der Waals surface area contributed by atoms with E-state index in [2.05, 4.69) is 10.6 Å². The first-order valence-corrected chi connectivity index (χ1v) is 6.88. The van der Waals surface area contributed by atoms with Crippen LogP contribution in [0.2, 0.25) is 0 Å². The Labute approximate surface area is 131 Å². The number of nitrogens with one attached hydrogen (secondary N) is 2. The molecule has 1 fully saturated rings. The van der Waals surface area contributed by atoms with Crippen LogP contribution in [0.5, 0.6) is 5.75 Å². The number of methoxy groups -OCH3 is 1. The summed E-state index contributed by atoms with van der Waals surface area (Å²) in [5.74, 6) is 0.756. The Balaban J connectivity index is 0.00000220. The number of aryl methyl sites for hydroxylation is 1. The molecule has 2 atom stereocenters. The van der Waals surface area contributed by atoms with E-state index in [9.17, 15) is 4.79 Å². The first-order chi connectivity index (χ1) is 9.61. The van der Waals surface area contributed by atoms with E-state index in [4.69, 9.17) is 9.47 Å². The van der Waals surface area contributed by atoms with Crippen LogP contribution in [-0.4, -0.2) is 38.3 Å². The number of benzene rings is 1. The normalized spacial score (nSPS) is 21.3. The summed E-state index contributed by atoms with van der Waals surface area (Å²) < 4.78 is 10.8. The smallest absolute Gasteiger partial charge is 0.240 e. The molecule has 1 aliphatic rings. The second-order valence-electron chi connectivity index (χ2n) is 5.04. The van der Waals surface area contributed by atoms with Gasteiger partial charge in [-0.25, -0.2) is 0 Å². The van der Waals surface area contributed by atoms with E-state index in [0.29, 0.717) is 19.7 Å². The molecule has 0 saturated carbocycles. The summed E-state index contributed by atoms with van der Waals surface area (Å²) in [5, 5.41) is 6.11. The zero-order chi connectivity index (χ0) is 14.5. The van der Waals surface area contributed by atoms with Crippen molar-refractivity contribution in [3.05, 3.63) is 29.3 Å². The third-order valence-corrected chi connectivity index (χ3v) is 3.49. The summed E-state index contributed by atoms with van der Waals surface area (Å²) in [6.07, 6.45) is -0.108. The molecule has 1 aliphatic heterocycles. The van der Waals surface area contributed by atoms with E-state index in [1.165, 1.54) is 0 Å². The zero-order valence-corrected chi connectivity index (χ0v) is 13.5. The van der Waals surface area contributed by atoms with Crippen molar-refractivity contribution in [2.75, 3.05) is 20.3 Å². The molecule has 118 valence electrons. The van der Waals surface area contributed by atoms with Crippen molar-refractivity contribution >= 4 is 18.3 Å². The number of rotatable bonds is 4. The van der Waals surface area contributed by atoms with Gasteiger partial charge in [0.25, 0.3) is 0 Å². The van der Waals surface area contributed by atoms with Gasteiger partial charge in [0.15, 0.2) is 0 Å². The Morgan fingerprint density at radius 3 is 2.95 bits per heavy atom. The zero-order valence-electron chi connectivity index (χ0n) is 12.6. The molecule has 0 spiro atoms. The lowest BCUT2D eigenvalue weighted by atomic mass is 10.1. The van der Waals surface area contributed by atoms with Gasteiger partial charge in [0.1, 0.15) is 11.8 Å². The molecule has 2 rings (SSSR count). The van der Waals surface area contributed by atoms with E-state index < -0.39 is 0 Å². The molecule has 2 N–H and O–H groups in total. The highest BCUT2D eigenvalue weighted by Gasteiger charge is 2.28. The van der Waals surface area contributed by atoms with Crippen LogP contribution in [0.4, 0.5) is 0 Å². The number of amides is 1. The quantitative estimate of drug-likeness (QED) is 0.882. The molecule has 21 heavy (non-hydrogen) atoms. The first kappa shape index (κ1) is 17.8. The van der Waals surface area contributed by atoms with Crippen LogP contribution in [0.1, 0.15) is 18.1 Å². The Bertz CT molecular complexity index is 482. The Hall–Kier alpha value is -1.30. The summed E-state index contributed by atoms with van der Waals surface area (Å²) in [6.45, 7) is 5.72. The van der Waals surface area contributed by atoms with E-state index >= 15 is 0 Å². The molecule has 5 nitrogen and oxygen atoms in total. The van der Waals surface area contributed by atoms with Gasteiger partial charge < -0.3 is 20.1 Å². The third-order valence-electron chi connectivity index (χ3n) is 3.49. The molecule has 0 bridgehead atoms. The van der Waals surface area contributed by atoms with Crippen LogP contribution >= 0.6 is 12.4 Å². The van der Waals surface area contributed by atoms with Crippen LogP contribution in [0.3, 0.4) is 0 Å². The van der Waals surface area contributed by atoms with Crippen LogP contribution in [0.25, 0.3) is 0 Å². The van der Waals surface area contributed by atoms with Crippen LogP contribution in [0.15, 0.2) is 18.2 Å². The van der Waals surface area contributed by atoms with Crippen molar-refractivity contribution < 1.29 is 14.3 Å². The number of carbonyl (C=O) groups is 1. The lowest BCUT2D eigenvalue weighted by molar-refractivity contribution is -0.129. The number of halogens is 1. The fourth-order valence-corrected chi connectivity index (χ4v) is 2.32. The Morgan fingerprint density at radius 1 is 1.52 bits per heavy atom. The maximum Gasteiger partial charge on any atom is 0.240 e. The molecular weight excluding hydrogens is 292 g/mol. The van der Waals surface area contributed by atoms with Crippen molar-refractivity contribution in [3.63, 3.8) is 0 Å². The topological polar surface area (TPSA) is 59.6 Å². The summed E-state index contributed by atoms with van der Waals surface area (Å²) in [4.78, 5) is 12.2. The van der Waals surface area contributed by atoms with Crippen LogP contribution in [-0.2, 0) is 16.1 Å². The molecule has 0 aliphatic carbocycles. The predicted octanol–water partition coefficient (Wildman–Crippen LogP) is 1.42. The second-order valence-corrected chi connectivity index (χ2v) is 5.04. The molecule has 1 heterocycles. The van der Waals surface area contributed by atoms with Crippen molar-refractivity contribution in [2.24, 2.45) is 0 Å². The molecule has 1 saturated heterocycles. The minimum absolute atomic E-state index is 0. The van der Waals surface area contributed by atoms with Crippen molar-refractivity contribution in [1.29, 1.82) is 0 Å². The van der Waals surface area contributed by atoms with Gasteiger partial charge in [-0.1, -0.05) is 12.1 Å². The van der Waals surface area contributed by atoms with Gasteiger partial charge in [-0.3, -0.25) is 4.79 Å². The van der Waals surface area contributed by atoms with Crippen molar-refractivity contribution in [3.8, 4) is 5.75 Å². The van der Waals surface area contributed by atoms with Gasteiger partial charge >= 0.3 is 0 Å². The van der Waals surface area contributed by atoms with E-state index in [0.717, 1.165) is 16.9 Å². The SMILES string of the molecule is COc1cc(C)ccc1CNC(=O)[C@H]1NCCO[C@@H]1C.Cl. The minimum atomic E-state index is -0.291. The molecule has 6 heteroatoms. The summed E-state index contributed by atoms with van der Waals surface area (Å²) in [7, 11) is 1.64. The average molecular weight is 315 g/mol. The molecule has 0 radical (unpaired) electrons. The van der Waals surface area contributed by atoms with Crippen molar-refractivity contribution in [2.45, 2.75) is 32.5 Å². The third kappa shape index (κ3) is 4.59. The standard InChI is InChI=1S/C15H22N2O3.ClH/c1-10-4-5-12(13(8-10)19-3)9-17-15(18)14-11(2)20-7-6-16-14;/h4-5,8,11,14,16H,6-7,9H2,1-3H3,(H,17,18);1H/t11-,14+;/m1./s1. The monoisotopic (exact) mass is 314 g/mol. The summed E-state index contributed by atoms with van der Waals surface area (Å²) in [6, 6.07) is 5.66.